The summed E-state index contributed by atoms with van der Waals surface area (Å²) in [6, 6.07) is 22.8. The van der Waals surface area contributed by atoms with Crippen LogP contribution < -0.4 is 5.69 Å². The van der Waals surface area contributed by atoms with Crippen molar-refractivity contribution in [1.82, 2.24) is 14.5 Å². The molecule has 0 spiro atoms. The van der Waals surface area contributed by atoms with Gasteiger partial charge >= 0.3 is 5.69 Å². The highest BCUT2D eigenvalue weighted by Crippen LogP contribution is 2.43. The number of amides is 1. The number of H-pyrrole nitrogens is 1. The molecule has 3 aromatic carbocycles. The van der Waals surface area contributed by atoms with Crippen molar-refractivity contribution < 1.29 is 19.4 Å². The lowest BCUT2D eigenvalue weighted by Gasteiger charge is -2.35. The Morgan fingerprint density at radius 3 is 2.63 bits per heavy atom. The molecular weight excluding hydrogens is 542 g/mol. The summed E-state index contributed by atoms with van der Waals surface area (Å²) in [5, 5.41) is 9.20. The molecule has 0 bridgehead atoms. The number of fused-ring (bicyclic) bond motifs is 4. The Hall–Kier alpha value is -4.14. The number of carbonyl (C=O) groups is 1. The maximum Gasteiger partial charge on any atom is 0.326 e. The van der Waals surface area contributed by atoms with Crippen LogP contribution >= 0.6 is 0 Å². The molecule has 0 unspecified atom stereocenters. The molecular formula is C35H37N3O5. The average Bonchev–Trinajstić information content (AvgIpc) is 3.59. The molecule has 43 heavy (non-hydrogen) atoms. The fourth-order valence-corrected chi connectivity index (χ4v) is 7.01. The normalized spacial score (nSPS) is 20.0. The van der Waals surface area contributed by atoms with Crippen LogP contribution in [0.5, 0.6) is 0 Å². The van der Waals surface area contributed by atoms with Crippen LogP contribution in [0.3, 0.4) is 0 Å². The van der Waals surface area contributed by atoms with Gasteiger partial charge in [0.2, 0.25) is 6.29 Å². The van der Waals surface area contributed by atoms with E-state index in [1.165, 1.54) is 27.8 Å². The van der Waals surface area contributed by atoms with Crippen molar-refractivity contribution in [3.63, 3.8) is 0 Å². The van der Waals surface area contributed by atoms with Gasteiger partial charge in [-0.3, -0.25) is 9.36 Å². The molecule has 3 heterocycles. The molecule has 1 aliphatic carbocycles. The van der Waals surface area contributed by atoms with E-state index in [9.17, 15) is 14.7 Å². The van der Waals surface area contributed by atoms with E-state index in [-0.39, 0.29) is 30.2 Å². The van der Waals surface area contributed by atoms with Crippen LogP contribution in [0.4, 0.5) is 0 Å². The number of ether oxygens (including phenoxy) is 2. The Labute approximate surface area is 250 Å². The number of imidazole rings is 1. The first-order valence-electron chi connectivity index (χ1n) is 15.4. The van der Waals surface area contributed by atoms with Crippen molar-refractivity contribution in [2.24, 2.45) is 0 Å². The van der Waals surface area contributed by atoms with Crippen LogP contribution in [-0.2, 0) is 20.7 Å². The van der Waals surface area contributed by atoms with E-state index < -0.39 is 6.29 Å². The van der Waals surface area contributed by atoms with Crippen LogP contribution in [0.25, 0.3) is 22.2 Å². The molecule has 2 atom stereocenters. The standard InChI is InChI=1S/C35H37N3O5/c39-18-5-6-19-42-33-22-24(27-10-7-11-28-26-9-2-1-8-23(26)20-29(27)28)21-32(43-33)34(40)37-16-14-25(15-17-37)38-31-13-4-3-12-30(31)36-35(38)41/h1-4,7-13,21,24-25,33,39H,5-6,14-20,22H2,(H,36,41)/t24-,33+/m0/s1. The second-order valence-corrected chi connectivity index (χ2v) is 11.8. The Kier molecular flexibility index (Phi) is 7.63. The zero-order valence-corrected chi connectivity index (χ0v) is 24.2. The third-order valence-electron chi connectivity index (χ3n) is 9.15. The molecule has 7 rings (SSSR count). The SMILES string of the molecule is O=C(C1=C[C@H](c2cccc3c2Cc2ccccc2-3)C[C@H](OCCCCO)O1)N1CCC(n2c(=O)[nH]c3ccccc32)CC1. The van der Waals surface area contributed by atoms with Gasteiger partial charge in [0.05, 0.1) is 17.6 Å². The number of piperidine rings is 1. The van der Waals surface area contributed by atoms with Gasteiger partial charge in [-0.2, -0.15) is 0 Å². The number of para-hydroxylation sites is 2. The summed E-state index contributed by atoms with van der Waals surface area (Å²) in [5.74, 6) is 0.176. The molecule has 3 aliphatic rings. The fraction of sp³-hybridized carbons (Fsp3) is 0.371. The number of nitrogens with zero attached hydrogens (tertiary/aromatic N) is 2. The van der Waals surface area contributed by atoms with Crippen LogP contribution in [0.1, 0.15) is 60.8 Å². The fourth-order valence-electron chi connectivity index (χ4n) is 7.01. The zero-order valence-electron chi connectivity index (χ0n) is 24.2. The Morgan fingerprint density at radius 2 is 1.77 bits per heavy atom. The monoisotopic (exact) mass is 579 g/mol. The quantitative estimate of drug-likeness (QED) is 0.244. The maximum atomic E-state index is 13.9. The number of benzene rings is 3. The van der Waals surface area contributed by atoms with Crippen LogP contribution in [0, 0.1) is 0 Å². The minimum atomic E-state index is -0.547. The minimum Gasteiger partial charge on any atom is -0.459 e. The van der Waals surface area contributed by atoms with Crippen molar-refractivity contribution in [2.45, 2.75) is 56.8 Å². The molecule has 8 nitrogen and oxygen atoms in total. The average molecular weight is 580 g/mol. The van der Waals surface area contributed by atoms with Crippen LogP contribution in [0.15, 0.2) is 83.4 Å². The van der Waals surface area contributed by atoms with E-state index in [2.05, 4.69) is 47.4 Å². The van der Waals surface area contributed by atoms with Gasteiger partial charge in [0, 0.05) is 38.1 Å². The number of hydrogen-bond donors (Lipinski definition) is 2. The number of aromatic amines is 1. The molecule has 222 valence electrons. The minimum absolute atomic E-state index is 0.0258. The summed E-state index contributed by atoms with van der Waals surface area (Å²) >= 11 is 0. The lowest BCUT2D eigenvalue weighted by atomic mass is 9.87. The maximum absolute atomic E-state index is 13.9. The number of aliphatic hydroxyl groups is 1. The Morgan fingerprint density at radius 1 is 0.977 bits per heavy atom. The number of rotatable bonds is 8. The molecule has 1 fully saturated rings. The smallest absolute Gasteiger partial charge is 0.326 e. The highest BCUT2D eigenvalue weighted by Gasteiger charge is 2.35. The van der Waals surface area contributed by atoms with Gasteiger partial charge in [0.15, 0.2) is 5.76 Å². The molecule has 2 N–H and O–H groups in total. The van der Waals surface area contributed by atoms with Crippen LogP contribution in [-0.4, -0.2) is 58.1 Å². The van der Waals surface area contributed by atoms with E-state index in [1.54, 1.807) is 0 Å². The van der Waals surface area contributed by atoms with E-state index in [1.807, 2.05) is 39.8 Å². The molecule has 1 saturated heterocycles. The predicted molar refractivity (Wildman–Crippen MR) is 165 cm³/mol. The van der Waals surface area contributed by atoms with E-state index in [4.69, 9.17) is 9.47 Å². The van der Waals surface area contributed by atoms with Gasteiger partial charge in [-0.1, -0.05) is 54.6 Å². The molecule has 1 aromatic heterocycles. The first-order chi connectivity index (χ1) is 21.1. The number of hydrogen-bond acceptors (Lipinski definition) is 5. The highest BCUT2D eigenvalue weighted by atomic mass is 16.7. The van der Waals surface area contributed by atoms with Gasteiger partial charge in [-0.05, 0) is 78.1 Å². The third-order valence-corrected chi connectivity index (χ3v) is 9.15. The summed E-state index contributed by atoms with van der Waals surface area (Å²) in [7, 11) is 0. The second-order valence-electron chi connectivity index (χ2n) is 11.8. The van der Waals surface area contributed by atoms with Crippen molar-refractivity contribution in [2.75, 3.05) is 26.3 Å². The third kappa shape index (κ3) is 5.30. The van der Waals surface area contributed by atoms with Crippen molar-refractivity contribution >= 4 is 16.9 Å². The summed E-state index contributed by atoms with van der Waals surface area (Å²) in [4.78, 5) is 31.5. The van der Waals surface area contributed by atoms with Gasteiger partial charge in [-0.15, -0.1) is 0 Å². The van der Waals surface area contributed by atoms with Crippen molar-refractivity contribution in [1.29, 1.82) is 0 Å². The summed E-state index contributed by atoms with van der Waals surface area (Å²) < 4.78 is 14.2. The summed E-state index contributed by atoms with van der Waals surface area (Å²) in [5.41, 5.74) is 8.01. The van der Waals surface area contributed by atoms with Gasteiger partial charge in [0.1, 0.15) is 0 Å². The number of unbranched alkanes of at least 4 members (excludes halogenated alkanes) is 1. The molecule has 2 aliphatic heterocycles. The Bertz CT molecular complexity index is 1730. The van der Waals surface area contributed by atoms with Crippen molar-refractivity contribution in [3.05, 3.63) is 106 Å². The first-order valence-corrected chi connectivity index (χ1v) is 15.4. The zero-order chi connectivity index (χ0) is 29.3. The van der Waals surface area contributed by atoms with Gasteiger partial charge < -0.3 is 24.5 Å². The van der Waals surface area contributed by atoms with Gasteiger partial charge in [0.25, 0.3) is 5.91 Å². The van der Waals surface area contributed by atoms with Gasteiger partial charge in [-0.25, -0.2) is 4.79 Å². The lowest BCUT2D eigenvalue weighted by Crippen LogP contribution is -2.42. The predicted octanol–water partition coefficient (Wildman–Crippen LogP) is 5.27. The number of likely N-dealkylation sites (tertiary alicyclic amines) is 1. The molecule has 4 aromatic rings. The van der Waals surface area contributed by atoms with E-state index in [0.29, 0.717) is 51.1 Å². The number of nitrogens with one attached hydrogen (secondary N) is 1. The van der Waals surface area contributed by atoms with E-state index in [0.717, 1.165) is 23.9 Å². The summed E-state index contributed by atoms with van der Waals surface area (Å²) in [6.07, 6.45) is 5.71. The largest absolute Gasteiger partial charge is 0.459 e. The summed E-state index contributed by atoms with van der Waals surface area (Å²) in [6.45, 7) is 1.67. The first kappa shape index (κ1) is 27.7. The molecule has 0 radical (unpaired) electrons. The molecule has 1 amide bonds. The number of carbonyl (C=O) groups excluding carboxylic acids is 1. The Balaban J connectivity index is 1.12. The topological polar surface area (TPSA) is 96.8 Å². The van der Waals surface area contributed by atoms with Crippen LogP contribution in [0.2, 0.25) is 0 Å². The second kappa shape index (κ2) is 11.9. The number of allylic oxidation sites excluding steroid dienone is 1. The lowest BCUT2D eigenvalue weighted by molar-refractivity contribution is -0.153. The van der Waals surface area contributed by atoms with Crippen molar-refractivity contribution in [3.8, 4) is 11.1 Å². The number of aliphatic hydroxyl groups excluding tert-OH is 1. The number of aromatic nitrogens is 2. The molecule has 0 saturated carbocycles. The van der Waals surface area contributed by atoms with E-state index >= 15 is 0 Å². The molecule has 8 heteroatoms. The highest BCUT2D eigenvalue weighted by molar-refractivity contribution is 5.92.